The average molecular weight is 370 g/mol. The van der Waals surface area contributed by atoms with Crippen molar-refractivity contribution in [3.05, 3.63) is 53.6 Å². The van der Waals surface area contributed by atoms with E-state index in [-0.39, 0.29) is 18.3 Å². The molecule has 3 nitrogen and oxygen atoms in total. The Morgan fingerprint density at radius 3 is 2.27 bits per heavy atom. The molecule has 3 rings (SSSR count). The molecule has 5 heteroatoms. The summed E-state index contributed by atoms with van der Waals surface area (Å²) in [7, 11) is 1.36. The molecule has 0 unspecified atom stereocenters. The van der Waals surface area contributed by atoms with E-state index in [4.69, 9.17) is 14.0 Å². The zero-order chi connectivity index (χ0) is 18.9. The first-order valence-corrected chi connectivity index (χ1v) is 9.93. The molecular formula is C21H27BO3S. The summed E-state index contributed by atoms with van der Waals surface area (Å²) in [5, 5.41) is 0. The van der Waals surface area contributed by atoms with Crippen LogP contribution in [0.15, 0.2) is 47.4 Å². The lowest BCUT2D eigenvalue weighted by molar-refractivity contribution is 0.00578. The van der Waals surface area contributed by atoms with E-state index in [1.807, 2.05) is 23.9 Å². The molecule has 1 saturated heterocycles. The Morgan fingerprint density at radius 1 is 1.00 bits per heavy atom. The number of ether oxygens (including phenoxy) is 1. The van der Waals surface area contributed by atoms with Crippen LogP contribution >= 0.6 is 11.8 Å². The standard InChI is InChI=1S/C21H27BO3S/c1-15-9-7-8-10-19(15)26-14-16-13-17(11-12-18(16)23-6)22-24-20(2,3)21(4,5)25-22/h7-13H,14H2,1-6H3. The van der Waals surface area contributed by atoms with Gasteiger partial charge in [-0.15, -0.1) is 11.8 Å². The Hall–Kier alpha value is -1.43. The van der Waals surface area contributed by atoms with Gasteiger partial charge in [-0.2, -0.15) is 0 Å². The molecule has 0 spiro atoms. The van der Waals surface area contributed by atoms with Gasteiger partial charge in [0.25, 0.3) is 0 Å². The van der Waals surface area contributed by atoms with Crippen molar-refractivity contribution in [1.29, 1.82) is 0 Å². The maximum atomic E-state index is 6.19. The second-order valence-electron chi connectivity index (χ2n) is 7.71. The molecule has 0 amide bonds. The van der Waals surface area contributed by atoms with Gasteiger partial charge in [-0.3, -0.25) is 0 Å². The van der Waals surface area contributed by atoms with E-state index in [0.29, 0.717) is 0 Å². The van der Waals surface area contributed by atoms with E-state index in [9.17, 15) is 0 Å². The second kappa shape index (κ2) is 7.30. The summed E-state index contributed by atoms with van der Waals surface area (Å²) in [6, 6.07) is 14.6. The van der Waals surface area contributed by atoms with Crippen LogP contribution in [0.2, 0.25) is 0 Å². The maximum absolute atomic E-state index is 6.19. The third kappa shape index (κ3) is 3.80. The number of hydrogen-bond acceptors (Lipinski definition) is 4. The highest BCUT2D eigenvalue weighted by molar-refractivity contribution is 7.98. The van der Waals surface area contributed by atoms with Crippen LogP contribution in [0.3, 0.4) is 0 Å². The third-order valence-electron chi connectivity index (χ3n) is 5.31. The molecule has 1 heterocycles. The minimum Gasteiger partial charge on any atom is -0.496 e. The van der Waals surface area contributed by atoms with Crippen LogP contribution < -0.4 is 10.2 Å². The van der Waals surface area contributed by atoms with Crippen molar-refractivity contribution in [3.63, 3.8) is 0 Å². The zero-order valence-electron chi connectivity index (χ0n) is 16.5. The lowest BCUT2D eigenvalue weighted by atomic mass is 9.78. The van der Waals surface area contributed by atoms with E-state index in [0.717, 1.165) is 22.5 Å². The summed E-state index contributed by atoms with van der Waals surface area (Å²) in [5.41, 5.74) is 2.79. The summed E-state index contributed by atoms with van der Waals surface area (Å²) in [6.45, 7) is 10.4. The molecule has 2 aromatic rings. The molecule has 138 valence electrons. The molecule has 2 aromatic carbocycles. The van der Waals surface area contributed by atoms with Crippen LogP contribution in [0, 0.1) is 6.92 Å². The predicted octanol–water partition coefficient (Wildman–Crippen LogP) is 4.60. The van der Waals surface area contributed by atoms with E-state index in [1.54, 1.807) is 7.11 Å². The van der Waals surface area contributed by atoms with Crippen molar-refractivity contribution in [2.24, 2.45) is 0 Å². The highest BCUT2D eigenvalue weighted by atomic mass is 32.2. The van der Waals surface area contributed by atoms with Gasteiger partial charge in [0.2, 0.25) is 0 Å². The lowest BCUT2D eigenvalue weighted by Crippen LogP contribution is -2.41. The predicted molar refractivity (Wildman–Crippen MR) is 109 cm³/mol. The van der Waals surface area contributed by atoms with Gasteiger partial charge < -0.3 is 14.0 Å². The van der Waals surface area contributed by atoms with Crippen LogP contribution in [-0.2, 0) is 15.1 Å². The Bertz CT molecular complexity index is 773. The molecule has 26 heavy (non-hydrogen) atoms. The number of hydrogen-bond donors (Lipinski definition) is 0. The van der Waals surface area contributed by atoms with Gasteiger partial charge in [0.1, 0.15) is 5.75 Å². The van der Waals surface area contributed by atoms with Gasteiger partial charge in [-0.05, 0) is 57.8 Å². The van der Waals surface area contributed by atoms with E-state index >= 15 is 0 Å². The molecular weight excluding hydrogens is 343 g/mol. The van der Waals surface area contributed by atoms with Crippen molar-refractivity contribution >= 4 is 24.3 Å². The van der Waals surface area contributed by atoms with Gasteiger partial charge in [0.05, 0.1) is 18.3 Å². The molecule has 0 radical (unpaired) electrons. The van der Waals surface area contributed by atoms with Gasteiger partial charge >= 0.3 is 7.12 Å². The summed E-state index contributed by atoms with van der Waals surface area (Å²) in [5.74, 6) is 1.73. The lowest BCUT2D eigenvalue weighted by Gasteiger charge is -2.32. The third-order valence-corrected chi connectivity index (χ3v) is 6.53. The molecule has 1 aliphatic heterocycles. The summed E-state index contributed by atoms with van der Waals surface area (Å²) < 4.78 is 17.9. The molecule has 0 aromatic heterocycles. The average Bonchev–Trinajstić information content (AvgIpc) is 2.81. The fourth-order valence-corrected chi connectivity index (χ4v) is 3.92. The van der Waals surface area contributed by atoms with Crippen molar-refractivity contribution < 1.29 is 14.0 Å². The van der Waals surface area contributed by atoms with Crippen LogP contribution in [0.1, 0.15) is 38.8 Å². The monoisotopic (exact) mass is 370 g/mol. The Balaban J connectivity index is 1.82. The van der Waals surface area contributed by atoms with Crippen LogP contribution in [-0.4, -0.2) is 25.4 Å². The fraction of sp³-hybridized carbons (Fsp3) is 0.429. The topological polar surface area (TPSA) is 27.7 Å². The van der Waals surface area contributed by atoms with Gasteiger partial charge in [0.15, 0.2) is 0 Å². The SMILES string of the molecule is COc1ccc(B2OC(C)(C)C(C)(C)O2)cc1CSc1ccccc1C. The van der Waals surface area contributed by atoms with Crippen molar-refractivity contribution in [3.8, 4) is 5.75 Å². The van der Waals surface area contributed by atoms with Crippen LogP contribution in [0.4, 0.5) is 0 Å². The van der Waals surface area contributed by atoms with E-state index in [2.05, 4.69) is 65.0 Å². The number of thioether (sulfide) groups is 1. The fourth-order valence-electron chi connectivity index (χ4n) is 2.91. The Kier molecular flexibility index (Phi) is 5.43. The number of methoxy groups -OCH3 is 1. The number of rotatable bonds is 5. The minimum atomic E-state index is -0.354. The Morgan fingerprint density at radius 2 is 1.65 bits per heavy atom. The van der Waals surface area contributed by atoms with Crippen molar-refractivity contribution in [2.45, 2.75) is 56.5 Å². The normalized spacial score (nSPS) is 18.2. The van der Waals surface area contributed by atoms with Crippen molar-refractivity contribution in [2.75, 3.05) is 7.11 Å². The van der Waals surface area contributed by atoms with E-state index < -0.39 is 0 Å². The smallest absolute Gasteiger partial charge is 0.494 e. The van der Waals surface area contributed by atoms with Gasteiger partial charge in [0, 0.05) is 16.2 Å². The van der Waals surface area contributed by atoms with Gasteiger partial charge in [-0.1, -0.05) is 30.3 Å². The zero-order valence-corrected chi connectivity index (χ0v) is 17.3. The largest absolute Gasteiger partial charge is 0.496 e. The second-order valence-corrected chi connectivity index (χ2v) is 8.73. The first-order chi connectivity index (χ1) is 12.2. The minimum absolute atomic E-state index is 0.340. The Labute approximate surface area is 161 Å². The van der Waals surface area contributed by atoms with Crippen LogP contribution in [0.5, 0.6) is 5.75 Å². The number of aryl methyl sites for hydroxylation is 1. The molecule has 1 aliphatic rings. The quantitative estimate of drug-likeness (QED) is 0.568. The molecule has 0 aliphatic carbocycles. The van der Waals surface area contributed by atoms with Crippen molar-refractivity contribution in [1.82, 2.24) is 0 Å². The number of benzene rings is 2. The molecule has 0 saturated carbocycles. The molecule has 0 N–H and O–H groups in total. The molecule has 0 atom stereocenters. The first-order valence-electron chi connectivity index (χ1n) is 8.94. The van der Waals surface area contributed by atoms with E-state index in [1.165, 1.54) is 10.5 Å². The van der Waals surface area contributed by atoms with Crippen LogP contribution in [0.25, 0.3) is 0 Å². The molecule has 0 bridgehead atoms. The maximum Gasteiger partial charge on any atom is 0.494 e. The molecule has 1 fully saturated rings. The highest BCUT2D eigenvalue weighted by Gasteiger charge is 2.51. The first kappa shape index (κ1) is 19.3. The summed E-state index contributed by atoms with van der Waals surface area (Å²) in [4.78, 5) is 1.29. The summed E-state index contributed by atoms with van der Waals surface area (Å²) in [6.07, 6.45) is 0. The van der Waals surface area contributed by atoms with Gasteiger partial charge in [-0.25, -0.2) is 0 Å². The highest BCUT2D eigenvalue weighted by Crippen LogP contribution is 2.37. The summed E-state index contributed by atoms with van der Waals surface area (Å²) >= 11 is 1.82.